The Kier molecular flexibility index (Phi) is 4.00. The van der Waals surface area contributed by atoms with Crippen molar-refractivity contribution in [1.82, 2.24) is 4.90 Å². The molecular weight excluding hydrogens is 200 g/mol. The Hall–Kier alpha value is -0.570. The van der Waals surface area contributed by atoms with Gasteiger partial charge in [0.05, 0.1) is 0 Å². The fourth-order valence-corrected chi connectivity index (χ4v) is 2.22. The highest BCUT2D eigenvalue weighted by atomic mass is 16.2. The smallest absolute Gasteiger partial charge is 0.222 e. The van der Waals surface area contributed by atoms with Crippen molar-refractivity contribution in [3.05, 3.63) is 0 Å². The first-order valence-corrected chi connectivity index (χ1v) is 6.26. The molecule has 1 saturated heterocycles. The van der Waals surface area contributed by atoms with Gasteiger partial charge in [0.1, 0.15) is 0 Å². The number of carbonyl (C=O) groups excluding carboxylic acids is 1. The molecule has 1 aliphatic heterocycles. The van der Waals surface area contributed by atoms with Crippen LogP contribution in [-0.2, 0) is 4.79 Å². The minimum absolute atomic E-state index is 0.235. The van der Waals surface area contributed by atoms with E-state index in [-0.39, 0.29) is 16.9 Å². The SMILES string of the molecule is CC(C)(N)CCC(=O)N1CCCC(C)(C)C1. The third-order valence-electron chi connectivity index (χ3n) is 3.24. The van der Waals surface area contributed by atoms with E-state index in [2.05, 4.69) is 13.8 Å². The summed E-state index contributed by atoms with van der Waals surface area (Å²) in [5.41, 5.74) is 5.94. The van der Waals surface area contributed by atoms with Crippen LogP contribution in [0.2, 0.25) is 0 Å². The molecule has 0 unspecified atom stereocenters. The molecule has 1 aliphatic rings. The average molecular weight is 226 g/mol. The van der Waals surface area contributed by atoms with Crippen LogP contribution in [0.3, 0.4) is 0 Å². The number of carbonyl (C=O) groups is 1. The van der Waals surface area contributed by atoms with Gasteiger partial charge in [-0.3, -0.25) is 4.79 Å². The summed E-state index contributed by atoms with van der Waals surface area (Å²) in [6.07, 6.45) is 3.70. The van der Waals surface area contributed by atoms with Gasteiger partial charge in [0.15, 0.2) is 0 Å². The molecule has 1 amide bonds. The number of piperidine rings is 1. The minimum atomic E-state index is -0.235. The molecule has 3 nitrogen and oxygen atoms in total. The molecule has 2 N–H and O–H groups in total. The third-order valence-corrected chi connectivity index (χ3v) is 3.24. The lowest BCUT2D eigenvalue weighted by atomic mass is 9.84. The maximum absolute atomic E-state index is 12.0. The van der Waals surface area contributed by atoms with Crippen molar-refractivity contribution in [1.29, 1.82) is 0 Å². The molecule has 94 valence electrons. The van der Waals surface area contributed by atoms with Gasteiger partial charge in [-0.15, -0.1) is 0 Å². The number of amides is 1. The van der Waals surface area contributed by atoms with Crippen molar-refractivity contribution < 1.29 is 4.79 Å². The van der Waals surface area contributed by atoms with E-state index in [1.165, 1.54) is 6.42 Å². The zero-order chi connectivity index (χ0) is 12.4. The largest absolute Gasteiger partial charge is 0.342 e. The first kappa shape index (κ1) is 13.5. The first-order chi connectivity index (χ1) is 7.20. The molecule has 0 saturated carbocycles. The zero-order valence-electron chi connectivity index (χ0n) is 11.2. The molecule has 1 rings (SSSR count). The number of likely N-dealkylation sites (tertiary alicyclic amines) is 1. The van der Waals surface area contributed by atoms with Gasteiger partial charge >= 0.3 is 0 Å². The Labute approximate surface area is 99.4 Å². The second-order valence-electron chi connectivity index (χ2n) is 6.57. The Bertz CT molecular complexity index is 253. The van der Waals surface area contributed by atoms with Gasteiger partial charge in [-0.2, -0.15) is 0 Å². The Morgan fingerprint density at radius 3 is 2.56 bits per heavy atom. The fraction of sp³-hybridized carbons (Fsp3) is 0.923. The van der Waals surface area contributed by atoms with Crippen LogP contribution in [0.15, 0.2) is 0 Å². The summed E-state index contributed by atoms with van der Waals surface area (Å²) in [5, 5.41) is 0. The molecule has 1 heterocycles. The number of rotatable bonds is 3. The normalized spacial score (nSPS) is 20.9. The van der Waals surface area contributed by atoms with Crippen LogP contribution < -0.4 is 5.73 Å². The molecule has 0 aromatic rings. The summed E-state index contributed by atoms with van der Waals surface area (Å²) in [4.78, 5) is 14.0. The number of hydrogen-bond donors (Lipinski definition) is 1. The van der Waals surface area contributed by atoms with E-state index in [0.29, 0.717) is 6.42 Å². The van der Waals surface area contributed by atoms with Crippen LogP contribution in [0, 0.1) is 5.41 Å². The third kappa shape index (κ3) is 4.52. The highest BCUT2D eigenvalue weighted by molar-refractivity contribution is 5.76. The molecule has 0 bridgehead atoms. The van der Waals surface area contributed by atoms with Crippen LogP contribution in [0.1, 0.15) is 53.4 Å². The summed E-state index contributed by atoms with van der Waals surface area (Å²) < 4.78 is 0. The Balaban J connectivity index is 2.42. The highest BCUT2D eigenvalue weighted by Gasteiger charge is 2.29. The highest BCUT2D eigenvalue weighted by Crippen LogP contribution is 2.28. The second-order valence-corrected chi connectivity index (χ2v) is 6.57. The van der Waals surface area contributed by atoms with Gasteiger partial charge in [0, 0.05) is 25.0 Å². The lowest BCUT2D eigenvalue weighted by Crippen LogP contribution is -2.44. The number of hydrogen-bond acceptors (Lipinski definition) is 2. The van der Waals surface area contributed by atoms with Crippen molar-refractivity contribution in [2.24, 2.45) is 11.1 Å². The van der Waals surface area contributed by atoms with Crippen LogP contribution >= 0.6 is 0 Å². The zero-order valence-corrected chi connectivity index (χ0v) is 11.2. The molecule has 3 heteroatoms. The first-order valence-electron chi connectivity index (χ1n) is 6.26. The quantitative estimate of drug-likeness (QED) is 0.801. The van der Waals surface area contributed by atoms with Gasteiger partial charge in [-0.1, -0.05) is 13.8 Å². The molecule has 16 heavy (non-hydrogen) atoms. The lowest BCUT2D eigenvalue weighted by molar-refractivity contribution is -0.134. The molecule has 0 spiro atoms. The molecular formula is C13H26N2O. The topological polar surface area (TPSA) is 46.3 Å². The van der Waals surface area contributed by atoms with Crippen molar-refractivity contribution >= 4 is 5.91 Å². The maximum atomic E-state index is 12.0. The standard InChI is InChI=1S/C13H26N2O/c1-12(2)7-5-9-15(10-12)11(16)6-8-13(3,4)14/h5-10,14H2,1-4H3. The van der Waals surface area contributed by atoms with Gasteiger partial charge < -0.3 is 10.6 Å². The Morgan fingerprint density at radius 2 is 2.06 bits per heavy atom. The van der Waals surface area contributed by atoms with Gasteiger partial charge in [0.2, 0.25) is 5.91 Å². The van der Waals surface area contributed by atoms with E-state index < -0.39 is 0 Å². The molecule has 0 aromatic carbocycles. The average Bonchev–Trinajstić information content (AvgIpc) is 2.11. The number of nitrogens with zero attached hydrogens (tertiary/aromatic N) is 1. The van der Waals surface area contributed by atoms with E-state index in [1.807, 2.05) is 18.7 Å². The van der Waals surface area contributed by atoms with Crippen molar-refractivity contribution in [3.63, 3.8) is 0 Å². The van der Waals surface area contributed by atoms with Crippen molar-refractivity contribution in [3.8, 4) is 0 Å². The maximum Gasteiger partial charge on any atom is 0.222 e. The van der Waals surface area contributed by atoms with E-state index in [4.69, 9.17) is 5.73 Å². The predicted octanol–water partition coefficient (Wildman–Crippen LogP) is 2.15. The van der Waals surface area contributed by atoms with E-state index in [9.17, 15) is 4.79 Å². The molecule has 1 fully saturated rings. The minimum Gasteiger partial charge on any atom is -0.342 e. The molecule has 0 atom stereocenters. The van der Waals surface area contributed by atoms with Crippen LogP contribution in [0.5, 0.6) is 0 Å². The van der Waals surface area contributed by atoms with Crippen LogP contribution in [0.25, 0.3) is 0 Å². The molecule has 0 aromatic heterocycles. The van der Waals surface area contributed by atoms with Gasteiger partial charge in [0.25, 0.3) is 0 Å². The summed E-state index contributed by atoms with van der Waals surface area (Å²) in [7, 11) is 0. The fourth-order valence-electron chi connectivity index (χ4n) is 2.22. The summed E-state index contributed by atoms with van der Waals surface area (Å²) >= 11 is 0. The van der Waals surface area contributed by atoms with Crippen LogP contribution in [0.4, 0.5) is 0 Å². The monoisotopic (exact) mass is 226 g/mol. The summed E-state index contributed by atoms with van der Waals surface area (Å²) in [6.45, 7) is 10.2. The summed E-state index contributed by atoms with van der Waals surface area (Å²) in [5.74, 6) is 0.270. The van der Waals surface area contributed by atoms with Crippen molar-refractivity contribution in [2.75, 3.05) is 13.1 Å². The molecule has 0 radical (unpaired) electrons. The number of nitrogens with two attached hydrogens (primary N) is 1. The van der Waals surface area contributed by atoms with Crippen LogP contribution in [-0.4, -0.2) is 29.4 Å². The lowest BCUT2D eigenvalue weighted by Gasteiger charge is -2.38. The van der Waals surface area contributed by atoms with E-state index in [1.54, 1.807) is 0 Å². The van der Waals surface area contributed by atoms with E-state index in [0.717, 1.165) is 25.9 Å². The van der Waals surface area contributed by atoms with Gasteiger partial charge in [-0.25, -0.2) is 0 Å². The molecule has 0 aliphatic carbocycles. The van der Waals surface area contributed by atoms with Gasteiger partial charge in [-0.05, 0) is 38.5 Å². The van der Waals surface area contributed by atoms with Crippen molar-refractivity contribution in [2.45, 2.75) is 58.9 Å². The Morgan fingerprint density at radius 1 is 1.44 bits per heavy atom. The van der Waals surface area contributed by atoms with E-state index >= 15 is 0 Å². The second kappa shape index (κ2) is 4.74. The summed E-state index contributed by atoms with van der Waals surface area (Å²) in [6, 6.07) is 0. The predicted molar refractivity (Wildman–Crippen MR) is 67.1 cm³/mol.